The number of nitriles is 1. The van der Waals surface area contributed by atoms with E-state index in [2.05, 4.69) is 16.0 Å². The van der Waals surface area contributed by atoms with Crippen LogP contribution in [0.15, 0.2) is 29.8 Å². The monoisotopic (exact) mass is 338 g/mol. The maximum Gasteiger partial charge on any atom is 0.138 e. The number of aryl methyl sites for hydroxylation is 1. The highest BCUT2D eigenvalue weighted by molar-refractivity contribution is 7.09. The summed E-state index contributed by atoms with van der Waals surface area (Å²) in [6, 6.07) is 8.02. The molecule has 112 valence electrons. The number of hydrogen-bond donors (Lipinski definition) is 0. The molecule has 0 aliphatic heterocycles. The highest BCUT2D eigenvalue weighted by Crippen LogP contribution is 2.40. The van der Waals surface area contributed by atoms with Gasteiger partial charge in [0.25, 0.3) is 0 Å². The predicted molar refractivity (Wildman–Crippen MR) is 93.0 cm³/mol. The summed E-state index contributed by atoms with van der Waals surface area (Å²) in [7, 11) is 0. The van der Waals surface area contributed by atoms with E-state index in [1.165, 1.54) is 0 Å². The first-order valence-electron chi connectivity index (χ1n) is 7.03. The molecule has 0 amide bonds. The lowest BCUT2D eigenvalue weighted by molar-refractivity contribution is 1.22. The number of halogens is 1. The fourth-order valence-electron chi connectivity index (χ4n) is 2.89. The summed E-state index contributed by atoms with van der Waals surface area (Å²) in [5.41, 5.74) is 5.14. The number of thiazole rings is 1. The van der Waals surface area contributed by atoms with Crippen molar-refractivity contribution in [2.24, 2.45) is 0 Å². The molecule has 0 radical (unpaired) electrons. The van der Waals surface area contributed by atoms with Crippen molar-refractivity contribution in [3.8, 4) is 17.3 Å². The van der Waals surface area contributed by atoms with E-state index in [-0.39, 0.29) is 0 Å². The Morgan fingerprint density at radius 3 is 2.78 bits per heavy atom. The molecule has 0 bridgehead atoms. The Kier molecular flexibility index (Phi) is 3.12. The molecule has 0 atom stereocenters. The zero-order valence-electron chi connectivity index (χ0n) is 12.5. The Morgan fingerprint density at radius 2 is 2.09 bits per heavy atom. The number of rotatable bonds is 1. The van der Waals surface area contributed by atoms with Gasteiger partial charge in [0.05, 0.1) is 26.8 Å². The molecule has 0 aliphatic carbocycles. The molecule has 0 aliphatic rings. The van der Waals surface area contributed by atoms with Gasteiger partial charge in [0.1, 0.15) is 17.2 Å². The first-order chi connectivity index (χ1) is 11.1. The van der Waals surface area contributed by atoms with Crippen molar-refractivity contribution < 1.29 is 0 Å². The lowest BCUT2D eigenvalue weighted by Gasteiger charge is -2.10. The number of aromatic nitrogens is 3. The summed E-state index contributed by atoms with van der Waals surface area (Å²) in [6.45, 7) is 3.85. The molecule has 0 saturated heterocycles. The van der Waals surface area contributed by atoms with Crippen LogP contribution >= 0.6 is 22.9 Å². The van der Waals surface area contributed by atoms with Gasteiger partial charge in [0.15, 0.2) is 0 Å². The van der Waals surface area contributed by atoms with Crippen LogP contribution in [0.25, 0.3) is 27.9 Å². The van der Waals surface area contributed by atoms with E-state index >= 15 is 0 Å². The first kappa shape index (κ1) is 14.2. The molecule has 3 aromatic heterocycles. The van der Waals surface area contributed by atoms with E-state index in [1.807, 2.05) is 48.0 Å². The van der Waals surface area contributed by atoms with E-state index in [4.69, 9.17) is 11.6 Å². The van der Waals surface area contributed by atoms with Crippen LogP contribution < -0.4 is 0 Å². The summed E-state index contributed by atoms with van der Waals surface area (Å²) in [5.74, 6) is 0. The van der Waals surface area contributed by atoms with Gasteiger partial charge in [0.2, 0.25) is 0 Å². The number of benzene rings is 1. The third-order valence-corrected chi connectivity index (χ3v) is 5.07. The van der Waals surface area contributed by atoms with Gasteiger partial charge in [-0.1, -0.05) is 17.7 Å². The van der Waals surface area contributed by atoms with Crippen molar-refractivity contribution in [2.45, 2.75) is 13.8 Å². The van der Waals surface area contributed by atoms with Gasteiger partial charge in [-0.2, -0.15) is 5.26 Å². The Bertz CT molecular complexity index is 1120. The van der Waals surface area contributed by atoms with E-state index in [0.717, 1.165) is 33.0 Å². The van der Waals surface area contributed by atoms with Crippen molar-refractivity contribution in [1.82, 2.24) is 14.4 Å². The second-order valence-electron chi connectivity index (χ2n) is 5.29. The average molecular weight is 339 g/mol. The minimum absolute atomic E-state index is 0.550. The van der Waals surface area contributed by atoms with Crippen LogP contribution in [0, 0.1) is 25.2 Å². The molecule has 23 heavy (non-hydrogen) atoms. The van der Waals surface area contributed by atoms with E-state index < -0.39 is 0 Å². The van der Waals surface area contributed by atoms with Crippen molar-refractivity contribution in [1.29, 1.82) is 5.26 Å². The van der Waals surface area contributed by atoms with Gasteiger partial charge in [-0.05, 0) is 31.5 Å². The second-order valence-corrected chi connectivity index (χ2v) is 6.73. The lowest BCUT2D eigenvalue weighted by atomic mass is 9.99. The van der Waals surface area contributed by atoms with Gasteiger partial charge < -0.3 is 0 Å². The number of nitrogens with zero attached hydrogens (tertiary/aromatic N) is 4. The molecular formula is C17H11ClN4S. The number of fused-ring (bicyclic) bond motifs is 3. The van der Waals surface area contributed by atoms with Gasteiger partial charge in [0, 0.05) is 17.1 Å². The lowest BCUT2D eigenvalue weighted by Crippen LogP contribution is -1.94. The van der Waals surface area contributed by atoms with E-state index in [0.29, 0.717) is 16.1 Å². The Labute approximate surface area is 141 Å². The summed E-state index contributed by atoms with van der Waals surface area (Å²) in [5, 5.41) is 13.2. The minimum Gasteiger partial charge on any atom is -0.298 e. The Balaban J connectivity index is 2.24. The summed E-state index contributed by atoms with van der Waals surface area (Å²) >= 11 is 8.30. The second kappa shape index (κ2) is 5.05. The number of imidazole rings is 1. The van der Waals surface area contributed by atoms with Crippen LogP contribution in [0.3, 0.4) is 0 Å². The molecule has 4 rings (SSSR count). The highest BCUT2D eigenvalue weighted by Gasteiger charge is 2.22. The summed E-state index contributed by atoms with van der Waals surface area (Å²) in [6.07, 6.45) is 1.91. The molecule has 0 saturated carbocycles. The van der Waals surface area contributed by atoms with Crippen molar-refractivity contribution in [3.05, 3.63) is 50.9 Å². The van der Waals surface area contributed by atoms with Crippen LogP contribution in [0.2, 0.25) is 5.02 Å². The molecule has 0 spiro atoms. The molecule has 0 unspecified atom stereocenters. The molecule has 1 aromatic carbocycles. The van der Waals surface area contributed by atoms with Crippen molar-refractivity contribution >= 4 is 39.6 Å². The number of hydrogen-bond acceptors (Lipinski definition) is 4. The Hall–Kier alpha value is -2.42. The molecule has 4 nitrogen and oxygen atoms in total. The van der Waals surface area contributed by atoms with E-state index in [9.17, 15) is 5.26 Å². The van der Waals surface area contributed by atoms with E-state index in [1.54, 1.807) is 11.3 Å². The van der Waals surface area contributed by atoms with Crippen molar-refractivity contribution in [3.63, 3.8) is 0 Å². The van der Waals surface area contributed by atoms with Gasteiger partial charge in [-0.3, -0.25) is 4.40 Å². The zero-order chi connectivity index (χ0) is 16.1. The maximum atomic E-state index is 9.65. The average Bonchev–Trinajstić information content (AvgIpc) is 3.11. The SMILES string of the molecule is Cc1nc(-c2c(C)c(C#N)c3nc4ccccn4c3c2Cl)cs1. The minimum atomic E-state index is 0.550. The third kappa shape index (κ3) is 1.96. The topological polar surface area (TPSA) is 54.0 Å². The predicted octanol–water partition coefficient (Wildman–Crippen LogP) is 4.75. The zero-order valence-corrected chi connectivity index (χ0v) is 14.0. The van der Waals surface area contributed by atoms with Gasteiger partial charge >= 0.3 is 0 Å². The van der Waals surface area contributed by atoms with Gasteiger partial charge in [-0.25, -0.2) is 9.97 Å². The smallest absolute Gasteiger partial charge is 0.138 e. The molecular weight excluding hydrogens is 328 g/mol. The summed E-state index contributed by atoms with van der Waals surface area (Å²) < 4.78 is 1.92. The fourth-order valence-corrected chi connectivity index (χ4v) is 3.91. The molecule has 3 heterocycles. The quantitative estimate of drug-likeness (QED) is 0.503. The molecule has 0 N–H and O–H groups in total. The summed E-state index contributed by atoms with van der Waals surface area (Å²) in [4.78, 5) is 9.13. The van der Waals surface area contributed by atoms with Gasteiger partial charge in [-0.15, -0.1) is 11.3 Å². The standard InChI is InChI=1S/C17H11ClN4S/c1-9-11(7-19)16-17(22-6-4-3-5-13(22)21-16)15(18)14(9)12-8-23-10(2)20-12/h3-6,8H,1-2H3. The number of pyridine rings is 1. The Morgan fingerprint density at radius 1 is 1.26 bits per heavy atom. The van der Waals surface area contributed by atoms with Crippen LogP contribution in [0.4, 0.5) is 0 Å². The fraction of sp³-hybridized carbons (Fsp3) is 0.118. The van der Waals surface area contributed by atoms with Crippen LogP contribution in [0.1, 0.15) is 16.1 Å². The largest absolute Gasteiger partial charge is 0.298 e. The molecule has 0 fully saturated rings. The van der Waals surface area contributed by atoms with Crippen molar-refractivity contribution in [2.75, 3.05) is 0 Å². The first-order valence-corrected chi connectivity index (χ1v) is 8.29. The molecule has 4 aromatic rings. The van der Waals surface area contributed by atoms with Crippen LogP contribution in [0.5, 0.6) is 0 Å². The third-order valence-electron chi connectivity index (χ3n) is 3.93. The normalized spacial score (nSPS) is 11.2. The molecule has 6 heteroatoms. The maximum absolute atomic E-state index is 9.65. The highest BCUT2D eigenvalue weighted by atomic mass is 35.5. The van der Waals surface area contributed by atoms with Crippen LogP contribution in [-0.4, -0.2) is 14.4 Å². The van der Waals surface area contributed by atoms with Crippen LogP contribution in [-0.2, 0) is 0 Å².